The zero-order chi connectivity index (χ0) is 16.9. The van der Waals surface area contributed by atoms with E-state index in [-0.39, 0.29) is 5.91 Å². The van der Waals surface area contributed by atoms with Crippen molar-refractivity contribution in [2.24, 2.45) is 0 Å². The lowest BCUT2D eigenvalue weighted by molar-refractivity contribution is -0.118. The SMILES string of the molecule is Cc1cc(C(=O)NCc2ccco2)nc(N2CCN(C=O)CC2)n1. The molecule has 0 bridgehead atoms. The summed E-state index contributed by atoms with van der Waals surface area (Å²) in [5.74, 6) is 0.924. The predicted molar refractivity (Wildman–Crippen MR) is 86.5 cm³/mol. The Morgan fingerprint density at radius 1 is 1.33 bits per heavy atom. The molecule has 0 spiro atoms. The Hall–Kier alpha value is -2.90. The molecule has 126 valence electrons. The number of carbonyl (C=O) groups excluding carboxylic acids is 2. The molecule has 1 aliphatic rings. The quantitative estimate of drug-likeness (QED) is 0.807. The van der Waals surface area contributed by atoms with Crippen LogP contribution in [0.5, 0.6) is 0 Å². The van der Waals surface area contributed by atoms with Gasteiger partial charge in [-0.25, -0.2) is 9.97 Å². The van der Waals surface area contributed by atoms with E-state index in [0.717, 1.165) is 12.1 Å². The molecule has 3 rings (SSSR count). The van der Waals surface area contributed by atoms with Crippen LogP contribution in [-0.4, -0.2) is 53.4 Å². The number of hydrogen-bond acceptors (Lipinski definition) is 6. The first-order valence-electron chi connectivity index (χ1n) is 7.76. The molecule has 0 aliphatic carbocycles. The third kappa shape index (κ3) is 3.70. The van der Waals surface area contributed by atoms with Gasteiger partial charge in [-0.3, -0.25) is 9.59 Å². The first-order valence-corrected chi connectivity index (χ1v) is 7.76. The van der Waals surface area contributed by atoms with Gasteiger partial charge in [0.25, 0.3) is 5.91 Å². The van der Waals surface area contributed by atoms with E-state index >= 15 is 0 Å². The first-order chi connectivity index (χ1) is 11.7. The Morgan fingerprint density at radius 2 is 2.12 bits per heavy atom. The highest BCUT2D eigenvalue weighted by atomic mass is 16.3. The number of aromatic nitrogens is 2. The van der Waals surface area contributed by atoms with Crippen molar-refractivity contribution < 1.29 is 14.0 Å². The summed E-state index contributed by atoms with van der Waals surface area (Å²) < 4.78 is 5.19. The summed E-state index contributed by atoms with van der Waals surface area (Å²) in [5, 5.41) is 2.78. The van der Waals surface area contributed by atoms with Gasteiger partial charge in [0.05, 0.1) is 12.8 Å². The monoisotopic (exact) mass is 329 g/mol. The maximum absolute atomic E-state index is 12.3. The van der Waals surface area contributed by atoms with E-state index < -0.39 is 0 Å². The molecule has 2 aromatic rings. The number of aryl methyl sites for hydroxylation is 1. The second kappa shape index (κ2) is 7.12. The summed E-state index contributed by atoms with van der Waals surface area (Å²) in [6.45, 7) is 4.69. The summed E-state index contributed by atoms with van der Waals surface area (Å²) in [4.78, 5) is 35.6. The molecule has 8 nitrogen and oxygen atoms in total. The molecule has 2 aromatic heterocycles. The van der Waals surface area contributed by atoms with Gasteiger partial charge < -0.3 is 19.5 Å². The molecule has 0 aromatic carbocycles. The molecular formula is C16H19N5O3. The zero-order valence-electron chi connectivity index (χ0n) is 13.4. The zero-order valence-corrected chi connectivity index (χ0v) is 13.4. The Bertz CT molecular complexity index is 709. The highest BCUT2D eigenvalue weighted by molar-refractivity contribution is 5.92. The van der Waals surface area contributed by atoms with Crippen LogP contribution in [0.2, 0.25) is 0 Å². The number of hydrogen-bond donors (Lipinski definition) is 1. The second-order valence-corrected chi connectivity index (χ2v) is 5.59. The lowest BCUT2D eigenvalue weighted by atomic mass is 10.3. The van der Waals surface area contributed by atoms with Crippen LogP contribution >= 0.6 is 0 Å². The summed E-state index contributed by atoms with van der Waals surface area (Å²) in [7, 11) is 0. The van der Waals surface area contributed by atoms with E-state index in [2.05, 4.69) is 15.3 Å². The maximum Gasteiger partial charge on any atom is 0.270 e. The van der Waals surface area contributed by atoms with Crippen molar-refractivity contribution in [3.05, 3.63) is 41.6 Å². The molecule has 0 unspecified atom stereocenters. The normalized spacial score (nSPS) is 14.5. The van der Waals surface area contributed by atoms with Gasteiger partial charge in [0.1, 0.15) is 11.5 Å². The maximum atomic E-state index is 12.3. The van der Waals surface area contributed by atoms with Crippen LogP contribution in [0.25, 0.3) is 0 Å². The van der Waals surface area contributed by atoms with E-state index in [0.29, 0.717) is 50.1 Å². The average Bonchev–Trinajstić information content (AvgIpc) is 3.12. The number of nitrogens with zero attached hydrogens (tertiary/aromatic N) is 4. The lowest BCUT2D eigenvalue weighted by Crippen LogP contribution is -2.46. The van der Waals surface area contributed by atoms with Crippen molar-refractivity contribution in [3.63, 3.8) is 0 Å². The Balaban J connectivity index is 1.69. The van der Waals surface area contributed by atoms with Gasteiger partial charge in [-0.05, 0) is 25.1 Å². The number of furan rings is 1. The summed E-state index contributed by atoms with van der Waals surface area (Å²) in [5.41, 5.74) is 1.04. The molecule has 3 heterocycles. The summed E-state index contributed by atoms with van der Waals surface area (Å²) in [6, 6.07) is 5.22. The fourth-order valence-corrected chi connectivity index (χ4v) is 2.51. The van der Waals surface area contributed by atoms with Crippen LogP contribution in [-0.2, 0) is 11.3 Å². The van der Waals surface area contributed by atoms with E-state index in [1.165, 1.54) is 0 Å². The van der Waals surface area contributed by atoms with Gasteiger partial charge in [-0.2, -0.15) is 0 Å². The highest BCUT2D eigenvalue weighted by Gasteiger charge is 2.20. The largest absolute Gasteiger partial charge is 0.467 e. The highest BCUT2D eigenvalue weighted by Crippen LogP contribution is 2.13. The van der Waals surface area contributed by atoms with Gasteiger partial charge in [0.15, 0.2) is 0 Å². The van der Waals surface area contributed by atoms with Gasteiger partial charge in [0.2, 0.25) is 12.4 Å². The second-order valence-electron chi connectivity index (χ2n) is 5.59. The molecule has 0 radical (unpaired) electrons. The molecule has 1 N–H and O–H groups in total. The van der Waals surface area contributed by atoms with Crippen molar-refractivity contribution in [1.29, 1.82) is 0 Å². The Morgan fingerprint density at radius 3 is 2.79 bits per heavy atom. The molecular weight excluding hydrogens is 310 g/mol. The third-order valence-corrected chi connectivity index (χ3v) is 3.82. The molecule has 2 amide bonds. The number of nitrogens with one attached hydrogen (secondary N) is 1. The topological polar surface area (TPSA) is 91.6 Å². The van der Waals surface area contributed by atoms with Crippen LogP contribution in [0.1, 0.15) is 21.9 Å². The van der Waals surface area contributed by atoms with Crippen molar-refractivity contribution in [1.82, 2.24) is 20.2 Å². The van der Waals surface area contributed by atoms with Gasteiger partial charge >= 0.3 is 0 Å². The molecule has 0 saturated carbocycles. The van der Waals surface area contributed by atoms with Crippen molar-refractivity contribution in [3.8, 4) is 0 Å². The van der Waals surface area contributed by atoms with Crippen molar-refractivity contribution in [2.45, 2.75) is 13.5 Å². The van der Waals surface area contributed by atoms with Crippen molar-refractivity contribution >= 4 is 18.3 Å². The van der Waals surface area contributed by atoms with Crippen LogP contribution in [0.3, 0.4) is 0 Å². The Kier molecular flexibility index (Phi) is 4.74. The predicted octanol–water partition coefficient (Wildman–Crippen LogP) is 0.586. The van der Waals surface area contributed by atoms with Gasteiger partial charge in [0, 0.05) is 31.9 Å². The summed E-state index contributed by atoms with van der Waals surface area (Å²) in [6.07, 6.45) is 2.41. The van der Waals surface area contributed by atoms with Gasteiger partial charge in [-0.15, -0.1) is 0 Å². The van der Waals surface area contributed by atoms with E-state index in [1.807, 2.05) is 11.8 Å². The Labute approximate surface area is 139 Å². The van der Waals surface area contributed by atoms with E-state index in [1.54, 1.807) is 29.4 Å². The lowest BCUT2D eigenvalue weighted by Gasteiger charge is -2.32. The molecule has 24 heavy (non-hydrogen) atoms. The van der Waals surface area contributed by atoms with E-state index in [9.17, 15) is 9.59 Å². The number of anilines is 1. The third-order valence-electron chi connectivity index (χ3n) is 3.82. The van der Waals surface area contributed by atoms with Crippen LogP contribution in [0, 0.1) is 6.92 Å². The number of amides is 2. The molecule has 8 heteroatoms. The van der Waals surface area contributed by atoms with Crippen molar-refractivity contribution in [2.75, 3.05) is 31.1 Å². The standard InChI is InChI=1S/C16H19N5O3/c1-12-9-14(15(23)17-10-13-3-2-8-24-13)19-16(18-12)21-6-4-20(11-22)5-7-21/h2-3,8-9,11H,4-7,10H2,1H3,(H,17,23). The van der Waals surface area contributed by atoms with Gasteiger partial charge in [-0.1, -0.05) is 0 Å². The fraction of sp³-hybridized carbons (Fsp3) is 0.375. The first kappa shape index (κ1) is 16.0. The number of rotatable bonds is 5. The number of carbonyl (C=O) groups is 2. The van der Waals surface area contributed by atoms with Crippen LogP contribution < -0.4 is 10.2 Å². The average molecular weight is 329 g/mol. The minimum atomic E-state index is -0.273. The van der Waals surface area contributed by atoms with Crippen LogP contribution in [0.15, 0.2) is 28.9 Å². The molecule has 1 aliphatic heterocycles. The minimum Gasteiger partial charge on any atom is -0.467 e. The molecule has 0 atom stereocenters. The fourth-order valence-electron chi connectivity index (χ4n) is 2.51. The van der Waals surface area contributed by atoms with Crippen LogP contribution in [0.4, 0.5) is 5.95 Å². The smallest absolute Gasteiger partial charge is 0.270 e. The minimum absolute atomic E-state index is 0.273. The molecule has 1 saturated heterocycles. The summed E-state index contributed by atoms with van der Waals surface area (Å²) >= 11 is 0. The number of piperazine rings is 1. The van der Waals surface area contributed by atoms with E-state index in [4.69, 9.17) is 4.42 Å². The molecule has 1 fully saturated rings.